The second-order valence-electron chi connectivity index (χ2n) is 1.83. The lowest BCUT2D eigenvalue weighted by atomic mass is 10.2. The highest BCUT2D eigenvalue weighted by Gasteiger charge is 1.95. The van der Waals surface area contributed by atoms with Crippen molar-refractivity contribution < 1.29 is 9.90 Å². The summed E-state index contributed by atoms with van der Waals surface area (Å²) in [6.07, 6.45) is 5.56. The van der Waals surface area contributed by atoms with Gasteiger partial charge in [0.25, 0.3) is 0 Å². The number of hydrogen-bond donors (Lipinski definition) is 0. The molecule has 1 radical (unpaired) electrons. The summed E-state index contributed by atoms with van der Waals surface area (Å²) in [6, 6.07) is 0. The Labute approximate surface area is 55.2 Å². The Morgan fingerprint density at radius 2 is 2.22 bits per heavy atom. The van der Waals surface area contributed by atoms with Gasteiger partial charge in [-0.2, -0.15) is 0 Å². The van der Waals surface area contributed by atoms with Crippen molar-refractivity contribution in [1.29, 1.82) is 0 Å². The molecule has 0 N–H and O–H groups in total. The van der Waals surface area contributed by atoms with Crippen molar-refractivity contribution >= 4 is 5.97 Å². The topological polar surface area (TPSA) is 37.0 Å². The van der Waals surface area contributed by atoms with Gasteiger partial charge in [0.05, 0.1) is 6.42 Å². The van der Waals surface area contributed by atoms with Gasteiger partial charge in [0.1, 0.15) is 0 Å². The lowest BCUT2D eigenvalue weighted by Crippen LogP contribution is -1.89. The molecule has 0 aromatic rings. The minimum atomic E-state index is -0.959. The Bertz CT molecular complexity index is 105. The first kappa shape index (κ1) is 8.21. The summed E-state index contributed by atoms with van der Waals surface area (Å²) >= 11 is 0. The van der Waals surface area contributed by atoms with E-state index in [1.54, 1.807) is 0 Å². The molecule has 0 aliphatic heterocycles. The number of unbranched alkanes of at least 4 members (excludes halogenated alkanes) is 1. The van der Waals surface area contributed by atoms with Gasteiger partial charge in [-0.3, -0.25) is 0 Å². The molecule has 0 rings (SSSR count). The van der Waals surface area contributed by atoms with E-state index in [1.165, 1.54) is 0 Å². The first-order valence-corrected chi connectivity index (χ1v) is 3.08. The molecule has 0 atom stereocenters. The number of hydrogen-bond acceptors (Lipinski definition) is 1. The Kier molecular flexibility index (Phi) is 4.88. The van der Waals surface area contributed by atoms with E-state index in [4.69, 9.17) is 0 Å². The Hall–Kier alpha value is -0.790. The van der Waals surface area contributed by atoms with E-state index in [0.29, 0.717) is 6.42 Å². The van der Waals surface area contributed by atoms with Gasteiger partial charge >= 0.3 is 5.97 Å². The largest absolute Gasteiger partial charge is 0.355 e. The zero-order valence-corrected chi connectivity index (χ0v) is 5.59. The van der Waals surface area contributed by atoms with Crippen LogP contribution in [-0.4, -0.2) is 5.97 Å². The third-order valence-corrected chi connectivity index (χ3v) is 0.987. The van der Waals surface area contributed by atoms with E-state index in [9.17, 15) is 9.90 Å². The zero-order chi connectivity index (χ0) is 7.11. The molecule has 0 aromatic carbocycles. The number of allylic oxidation sites excluding steroid dienone is 2. The average Bonchev–Trinajstić information content (AvgIpc) is 1.80. The van der Waals surface area contributed by atoms with Gasteiger partial charge in [0.15, 0.2) is 0 Å². The van der Waals surface area contributed by atoms with Gasteiger partial charge < -0.3 is 0 Å². The second kappa shape index (κ2) is 5.35. The van der Waals surface area contributed by atoms with Gasteiger partial charge in [0, 0.05) is 0 Å². The lowest BCUT2D eigenvalue weighted by Gasteiger charge is -1.85. The second-order valence-corrected chi connectivity index (χ2v) is 1.83. The fraction of sp³-hybridized carbons (Fsp3) is 0.571. The molecule has 0 unspecified atom stereocenters. The average molecular weight is 127 g/mol. The quantitative estimate of drug-likeness (QED) is 0.418. The Morgan fingerprint density at radius 3 is 2.67 bits per heavy atom. The van der Waals surface area contributed by atoms with Crippen molar-refractivity contribution in [3.8, 4) is 0 Å². The molecule has 0 aliphatic rings. The SMILES string of the molecule is CC=CCCCC([O])=O. The summed E-state index contributed by atoms with van der Waals surface area (Å²) in [5.41, 5.74) is 0. The fourth-order valence-electron chi connectivity index (χ4n) is 0.531. The van der Waals surface area contributed by atoms with Gasteiger partial charge in [0.2, 0.25) is 0 Å². The summed E-state index contributed by atoms with van der Waals surface area (Å²) in [5, 5.41) is 9.83. The summed E-state index contributed by atoms with van der Waals surface area (Å²) in [5.74, 6) is -0.959. The van der Waals surface area contributed by atoms with E-state index < -0.39 is 5.97 Å². The predicted molar refractivity (Wildman–Crippen MR) is 34.4 cm³/mol. The Balaban J connectivity index is 3.01. The molecule has 0 aliphatic carbocycles. The van der Waals surface area contributed by atoms with Crippen LogP contribution in [0.15, 0.2) is 12.2 Å². The van der Waals surface area contributed by atoms with Crippen molar-refractivity contribution in [2.24, 2.45) is 0 Å². The highest BCUT2D eigenvalue weighted by Crippen LogP contribution is 1.95. The minimum absolute atomic E-state index is 0.171. The monoisotopic (exact) mass is 127 g/mol. The van der Waals surface area contributed by atoms with Gasteiger partial charge in [-0.25, -0.2) is 9.90 Å². The van der Waals surface area contributed by atoms with Crippen LogP contribution in [0, 0.1) is 0 Å². The molecular weight excluding hydrogens is 116 g/mol. The molecule has 0 bridgehead atoms. The van der Waals surface area contributed by atoms with Crippen LogP contribution in [0.4, 0.5) is 0 Å². The molecule has 2 nitrogen and oxygen atoms in total. The van der Waals surface area contributed by atoms with Crippen LogP contribution in [0.5, 0.6) is 0 Å². The molecule has 2 heteroatoms. The molecule has 0 aromatic heterocycles. The van der Waals surface area contributed by atoms with E-state index >= 15 is 0 Å². The van der Waals surface area contributed by atoms with Crippen LogP contribution in [0.3, 0.4) is 0 Å². The zero-order valence-electron chi connectivity index (χ0n) is 5.59. The molecule has 0 saturated heterocycles. The number of carbonyl (C=O) groups excluding carboxylic acids is 1. The first-order valence-electron chi connectivity index (χ1n) is 3.08. The molecular formula is C7H11O2. The molecule has 0 heterocycles. The van der Waals surface area contributed by atoms with Crippen LogP contribution in [0.1, 0.15) is 26.2 Å². The smallest absolute Gasteiger partial charge is 0.247 e. The van der Waals surface area contributed by atoms with Crippen LogP contribution >= 0.6 is 0 Å². The summed E-state index contributed by atoms with van der Waals surface area (Å²) in [6.45, 7) is 1.92. The maximum atomic E-state index is 9.83. The van der Waals surface area contributed by atoms with Crippen LogP contribution < -0.4 is 0 Å². The van der Waals surface area contributed by atoms with Crippen molar-refractivity contribution in [1.82, 2.24) is 0 Å². The van der Waals surface area contributed by atoms with E-state index in [-0.39, 0.29) is 6.42 Å². The number of rotatable bonds is 4. The molecule has 0 spiro atoms. The summed E-state index contributed by atoms with van der Waals surface area (Å²) < 4.78 is 0. The normalized spacial score (nSPS) is 10.3. The first-order chi connectivity index (χ1) is 4.27. The summed E-state index contributed by atoms with van der Waals surface area (Å²) in [7, 11) is 0. The van der Waals surface area contributed by atoms with E-state index in [1.807, 2.05) is 19.1 Å². The van der Waals surface area contributed by atoms with Crippen molar-refractivity contribution in [2.45, 2.75) is 26.2 Å². The summed E-state index contributed by atoms with van der Waals surface area (Å²) in [4.78, 5) is 9.83. The molecule has 0 saturated carbocycles. The van der Waals surface area contributed by atoms with Crippen molar-refractivity contribution in [3.05, 3.63) is 12.2 Å². The highest BCUT2D eigenvalue weighted by atomic mass is 16.4. The van der Waals surface area contributed by atoms with Crippen molar-refractivity contribution in [2.75, 3.05) is 0 Å². The Morgan fingerprint density at radius 1 is 1.56 bits per heavy atom. The third kappa shape index (κ3) is 7.21. The standard InChI is InChI=1S/C7H11O2/c1-2-3-4-5-6-7(8)9/h2-3H,4-6H2,1H3. The van der Waals surface area contributed by atoms with Crippen LogP contribution in [0.25, 0.3) is 0 Å². The van der Waals surface area contributed by atoms with E-state index in [2.05, 4.69) is 0 Å². The van der Waals surface area contributed by atoms with E-state index in [0.717, 1.165) is 6.42 Å². The van der Waals surface area contributed by atoms with Crippen LogP contribution in [-0.2, 0) is 9.90 Å². The molecule has 51 valence electrons. The van der Waals surface area contributed by atoms with Gasteiger partial charge in [-0.1, -0.05) is 12.2 Å². The molecule has 9 heavy (non-hydrogen) atoms. The predicted octanol–water partition coefficient (Wildman–Crippen LogP) is 1.69. The lowest BCUT2D eigenvalue weighted by molar-refractivity contribution is -0.143. The number of carbonyl (C=O) groups is 1. The van der Waals surface area contributed by atoms with Gasteiger partial charge in [-0.05, 0) is 19.8 Å². The minimum Gasteiger partial charge on any atom is -0.247 e. The maximum Gasteiger partial charge on any atom is 0.355 e. The van der Waals surface area contributed by atoms with Gasteiger partial charge in [-0.15, -0.1) is 0 Å². The molecule has 0 fully saturated rings. The molecule has 0 amide bonds. The maximum absolute atomic E-state index is 9.83. The third-order valence-electron chi connectivity index (χ3n) is 0.987. The van der Waals surface area contributed by atoms with Crippen LogP contribution in [0.2, 0.25) is 0 Å². The fourth-order valence-corrected chi connectivity index (χ4v) is 0.531. The van der Waals surface area contributed by atoms with Crippen molar-refractivity contribution in [3.63, 3.8) is 0 Å². The highest BCUT2D eigenvalue weighted by molar-refractivity contribution is 5.66.